The Bertz CT molecular complexity index is 522. The van der Waals surface area contributed by atoms with Gasteiger partial charge >= 0.3 is 0 Å². The number of fused-ring (bicyclic) bond motifs is 2. The number of imidazole rings is 1. The van der Waals surface area contributed by atoms with Gasteiger partial charge < -0.3 is 9.88 Å². The van der Waals surface area contributed by atoms with Crippen LogP contribution in [0.25, 0.3) is 0 Å². The molecule has 5 nitrogen and oxygen atoms in total. The second-order valence-corrected chi connectivity index (χ2v) is 4.15. The summed E-state index contributed by atoms with van der Waals surface area (Å²) in [6, 6.07) is 2.11. The molecule has 0 aliphatic carbocycles. The standard InChI is InChI=1S/C11H15N5/c1-8-6-13-11-7-16-9(3-4-15(8)11)5-10(12-2)14-16/h5-6H,3-4,7H2,1-2H3,(H,12,14). The molecule has 1 aliphatic heterocycles. The maximum Gasteiger partial charge on any atom is 0.148 e. The minimum Gasteiger partial charge on any atom is -0.372 e. The Morgan fingerprint density at radius 3 is 3.12 bits per heavy atom. The molecule has 0 spiro atoms. The average Bonchev–Trinajstić information content (AvgIpc) is 2.78. The van der Waals surface area contributed by atoms with E-state index in [1.165, 1.54) is 11.4 Å². The van der Waals surface area contributed by atoms with Gasteiger partial charge in [0.05, 0.1) is 6.54 Å². The highest BCUT2D eigenvalue weighted by atomic mass is 15.3. The first-order chi connectivity index (χ1) is 7.78. The van der Waals surface area contributed by atoms with Crippen molar-refractivity contribution in [2.24, 2.45) is 0 Å². The Morgan fingerprint density at radius 1 is 1.44 bits per heavy atom. The fourth-order valence-electron chi connectivity index (χ4n) is 2.22. The lowest BCUT2D eigenvalue weighted by Gasteiger charge is -2.04. The molecular formula is C11H15N5. The molecule has 0 radical (unpaired) electrons. The van der Waals surface area contributed by atoms with Gasteiger partial charge in [-0.1, -0.05) is 0 Å². The van der Waals surface area contributed by atoms with Gasteiger partial charge in [-0.15, -0.1) is 0 Å². The highest BCUT2D eigenvalue weighted by Gasteiger charge is 2.16. The van der Waals surface area contributed by atoms with Crippen molar-refractivity contribution in [2.45, 2.75) is 26.4 Å². The molecule has 2 aromatic rings. The fraction of sp³-hybridized carbons (Fsp3) is 0.455. The van der Waals surface area contributed by atoms with Crippen molar-refractivity contribution in [3.63, 3.8) is 0 Å². The first-order valence-corrected chi connectivity index (χ1v) is 5.53. The van der Waals surface area contributed by atoms with Crippen molar-refractivity contribution in [1.29, 1.82) is 0 Å². The molecule has 1 aliphatic rings. The predicted octanol–water partition coefficient (Wildman–Crippen LogP) is 1.03. The Kier molecular flexibility index (Phi) is 1.99. The van der Waals surface area contributed by atoms with Gasteiger partial charge in [0.15, 0.2) is 0 Å². The van der Waals surface area contributed by atoms with Crippen LogP contribution < -0.4 is 5.32 Å². The van der Waals surface area contributed by atoms with Crippen LogP contribution in [0.1, 0.15) is 17.2 Å². The van der Waals surface area contributed by atoms with Crippen LogP contribution >= 0.6 is 0 Å². The van der Waals surface area contributed by atoms with Crippen LogP contribution in [0.5, 0.6) is 0 Å². The second-order valence-electron chi connectivity index (χ2n) is 4.15. The van der Waals surface area contributed by atoms with Gasteiger partial charge in [-0.2, -0.15) is 5.10 Å². The van der Waals surface area contributed by atoms with Crippen LogP contribution in [0.3, 0.4) is 0 Å². The predicted molar refractivity (Wildman–Crippen MR) is 61.5 cm³/mol. The van der Waals surface area contributed by atoms with Crippen LogP contribution in [-0.4, -0.2) is 26.4 Å². The summed E-state index contributed by atoms with van der Waals surface area (Å²) in [6.07, 6.45) is 2.95. The molecule has 1 N–H and O–H groups in total. The molecule has 16 heavy (non-hydrogen) atoms. The van der Waals surface area contributed by atoms with Gasteiger partial charge in [-0.25, -0.2) is 4.98 Å². The molecule has 5 heteroatoms. The molecule has 3 heterocycles. The monoisotopic (exact) mass is 217 g/mol. The van der Waals surface area contributed by atoms with Crippen molar-refractivity contribution >= 4 is 5.82 Å². The number of nitrogens with zero attached hydrogens (tertiary/aromatic N) is 4. The highest BCUT2D eigenvalue weighted by Crippen LogP contribution is 2.17. The van der Waals surface area contributed by atoms with E-state index in [0.717, 1.165) is 31.2 Å². The Morgan fingerprint density at radius 2 is 2.31 bits per heavy atom. The molecule has 84 valence electrons. The van der Waals surface area contributed by atoms with Gasteiger partial charge in [0.25, 0.3) is 0 Å². The van der Waals surface area contributed by atoms with Crippen molar-refractivity contribution in [3.05, 3.63) is 29.5 Å². The smallest absolute Gasteiger partial charge is 0.148 e. The Balaban J connectivity index is 2.03. The van der Waals surface area contributed by atoms with E-state index in [4.69, 9.17) is 0 Å². The summed E-state index contributed by atoms with van der Waals surface area (Å²) in [5, 5.41) is 7.56. The van der Waals surface area contributed by atoms with E-state index in [-0.39, 0.29) is 0 Å². The maximum absolute atomic E-state index is 4.49. The normalized spacial score (nSPS) is 14.1. The van der Waals surface area contributed by atoms with Crippen molar-refractivity contribution in [3.8, 4) is 0 Å². The molecule has 0 aromatic carbocycles. The molecule has 0 amide bonds. The Hall–Kier alpha value is -1.78. The molecule has 0 bridgehead atoms. The molecule has 0 unspecified atom stereocenters. The number of aryl methyl sites for hydroxylation is 2. The van der Waals surface area contributed by atoms with Gasteiger partial charge in [-0.05, 0) is 6.92 Å². The first-order valence-electron chi connectivity index (χ1n) is 5.53. The van der Waals surface area contributed by atoms with Crippen LogP contribution in [0.4, 0.5) is 5.82 Å². The van der Waals surface area contributed by atoms with Crippen molar-refractivity contribution in [2.75, 3.05) is 12.4 Å². The fourth-order valence-corrected chi connectivity index (χ4v) is 2.22. The van der Waals surface area contributed by atoms with E-state index in [2.05, 4.69) is 33.0 Å². The number of hydrogen-bond donors (Lipinski definition) is 1. The van der Waals surface area contributed by atoms with Gasteiger partial charge in [0.2, 0.25) is 0 Å². The summed E-state index contributed by atoms with van der Waals surface area (Å²) in [6.45, 7) is 3.87. The molecule has 0 fully saturated rings. The zero-order chi connectivity index (χ0) is 11.1. The summed E-state index contributed by atoms with van der Waals surface area (Å²) in [4.78, 5) is 4.43. The van der Waals surface area contributed by atoms with E-state index in [1.807, 2.05) is 17.9 Å². The van der Waals surface area contributed by atoms with Crippen LogP contribution in [-0.2, 0) is 19.5 Å². The molecule has 0 saturated carbocycles. The van der Waals surface area contributed by atoms with Gasteiger partial charge in [0, 0.05) is 43.7 Å². The van der Waals surface area contributed by atoms with Gasteiger partial charge in [-0.3, -0.25) is 4.68 Å². The van der Waals surface area contributed by atoms with Crippen LogP contribution in [0.2, 0.25) is 0 Å². The van der Waals surface area contributed by atoms with E-state index >= 15 is 0 Å². The van der Waals surface area contributed by atoms with Crippen LogP contribution in [0, 0.1) is 6.92 Å². The quantitative estimate of drug-likeness (QED) is 0.776. The molecule has 0 atom stereocenters. The molecule has 3 rings (SSSR count). The van der Waals surface area contributed by atoms with E-state index < -0.39 is 0 Å². The second kappa shape index (κ2) is 3.37. The van der Waals surface area contributed by atoms with Gasteiger partial charge in [0.1, 0.15) is 11.6 Å². The Labute approximate surface area is 94.1 Å². The number of hydrogen-bond acceptors (Lipinski definition) is 3. The minimum absolute atomic E-state index is 0.769. The number of aromatic nitrogens is 4. The lowest BCUT2D eigenvalue weighted by molar-refractivity contribution is 0.636. The largest absolute Gasteiger partial charge is 0.372 e. The maximum atomic E-state index is 4.49. The van der Waals surface area contributed by atoms with Crippen LogP contribution in [0.15, 0.2) is 12.3 Å². The highest BCUT2D eigenvalue weighted by molar-refractivity contribution is 5.35. The minimum atomic E-state index is 0.769. The summed E-state index contributed by atoms with van der Waals surface area (Å²) < 4.78 is 4.31. The number of anilines is 1. The SMILES string of the molecule is CNc1cc2n(n1)Cc1ncc(C)n1CC2. The summed E-state index contributed by atoms with van der Waals surface area (Å²) in [5.74, 6) is 2.04. The number of nitrogens with one attached hydrogen (secondary N) is 1. The molecule has 2 aromatic heterocycles. The summed E-state index contributed by atoms with van der Waals surface area (Å²) >= 11 is 0. The van der Waals surface area contributed by atoms with Crippen molar-refractivity contribution in [1.82, 2.24) is 19.3 Å². The third kappa shape index (κ3) is 1.31. The number of rotatable bonds is 1. The summed E-state index contributed by atoms with van der Waals surface area (Å²) in [7, 11) is 1.90. The van der Waals surface area contributed by atoms with E-state index in [0.29, 0.717) is 0 Å². The lowest BCUT2D eigenvalue weighted by Crippen LogP contribution is -2.07. The topological polar surface area (TPSA) is 47.7 Å². The van der Waals surface area contributed by atoms with E-state index in [9.17, 15) is 0 Å². The third-order valence-electron chi connectivity index (χ3n) is 3.14. The third-order valence-corrected chi connectivity index (χ3v) is 3.14. The average molecular weight is 217 g/mol. The lowest BCUT2D eigenvalue weighted by atomic mass is 10.3. The van der Waals surface area contributed by atoms with E-state index in [1.54, 1.807) is 0 Å². The molecule has 0 saturated heterocycles. The summed E-state index contributed by atoms with van der Waals surface area (Å²) in [5.41, 5.74) is 2.50. The zero-order valence-corrected chi connectivity index (χ0v) is 9.56. The first kappa shape index (κ1) is 9.45. The van der Waals surface area contributed by atoms with Crippen molar-refractivity contribution < 1.29 is 0 Å². The molecular weight excluding hydrogens is 202 g/mol. The zero-order valence-electron chi connectivity index (χ0n) is 9.56.